The van der Waals surface area contributed by atoms with Gasteiger partial charge in [-0.25, -0.2) is 0 Å². The van der Waals surface area contributed by atoms with E-state index in [1.165, 1.54) is 0 Å². The largest absolute Gasteiger partial charge is 0.480 e. The molecule has 1 aliphatic heterocycles. The Labute approximate surface area is 134 Å². The molecule has 0 saturated carbocycles. The number of aromatic nitrogens is 1. The first kappa shape index (κ1) is 15.3. The second-order valence-electron chi connectivity index (χ2n) is 5.64. The summed E-state index contributed by atoms with van der Waals surface area (Å²) in [4.78, 5) is 19.4. The van der Waals surface area contributed by atoms with Crippen LogP contribution in [0.25, 0.3) is 10.9 Å². The third-order valence-corrected chi connectivity index (χ3v) is 4.66. The Hall–Kier alpha value is -1.56. The Balaban J connectivity index is 1.93. The van der Waals surface area contributed by atoms with Gasteiger partial charge < -0.3 is 15.0 Å². The van der Waals surface area contributed by atoms with Gasteiger partial charge in [0.2, 0.25) is 0 Å². The van der Waals surface area contributed by atoms with Gasteiger partial charge in [0.1, 0.15) is 6.04 Å². The van der Waals surface area contributed by atoms with Crippen molar-refractivity contribution in [1.82, 2.24) is 14.8 Å². The second kappa shape index (κ2) is 6.28. The highest BCUT2D eigenvalue weighted by atomic mass is 35.5. The van der Waals surface area contributed by atoms with Crippen molar-refractivity contribution in [1.29, 1.82) is 0 Å². The molecule has 0 spiro atoms. The van der Waals surface area contributed by atoms with E-state index in [0.29, 0.717) is 5.02 Å². The highest BCUT2D eigenvalue weighted by molar-refractivity contribution is 6.31. The predicted molar refractivity (Wildman–Crippen MR) is 87.4 cm³/mol. The van der Waals surface area contributed by atoms with Gasteiger partial charge in [-0.3, -0.25) is 9.69 Å². The first-order valence-electron chi connectivity index (χ1n) is 7.56. The fourth-order valence-corrected chi connectivity index (χ4v) is 3.34. The van der Waals surface area contributed by atoms with Crippen molar-refractivity contribution in [2.24, 2.45) is 0 Å². The van der Waals surface area contributed by atoms with Crippen LogP contribution in [-0.4, -0.2) is 58.6 Å². The minimum absolute atomic E-state index is 0.619. The third kappa shape index (κ3) is 2.84. The predicted octanol–water partition coefficient (Wildman–Crippen LogP) is 2.58. The number of hydrogen-bond acceptors (Lipinski definition) is 3. The minimum atomic E-state index is -0.814. The monoisotopic (exact) mass is 321 g/mol. The molecular formula is C16H20ClN3O2. The van der Waals surface area contributed by atoms with Gasteiger partial charge in [-0.05, 0) is 24.7 Å². The second-order valence-corrected chi connectivity index (χ2v) is 6.08. The maximum atomic E-state index is 11.9. The van der Waals surface area contributed by atoms with Gasteiger partial charge in [-0.15, -0.1) is 0 Å². The van der Waals surface area contributed by atoms with Crippen LogP contribution in [0, 0.1) is 0 Å². The molecule has 1 fully saturated rings. The van der Waals surface area contributed by atoms with Crippen LogP contribution in [0.2, 0.25) is 5.02 Å². The minimum Gasteiger partial charge on any atom is -0.480 e. The number of carboxylic acid groups (broad SMARTS) is 1. The summed E-state index contributed by atoms with van der Waals surface area (Å²) >= 11 is 6.07. The number of fused-ring (bicyclic) bond motifs is 1. The number of aliphatic carboxylic acids is 1. The van der Waals surface area contributed by atoms with E-state index in [2.05, 4.69) is 16.8 Å². The molecule has 1 saturated heterocycles. The van der Waals surface area contributed by atoms with Crippen molar-refractivity contribution in [3.8, 4) is 0 Å². The first-order chi connectivity index (χ1) is 10.6. The van der Waals surface area contributed by atoms with E-state index in [1.54, 1.807) is 12.3 Å². The molecule has 0 unspecified atom stereocenters. The zero-order chi connectivity index (χ0) is 15.7. The average Bonchev–Trinajstić information content (AvgIpc) is 2.91. The smallest absolute Gasteiger partial charge is 0.325 e. The van der Waals surface area contributed by atoms with Crippen LogP contribution in [0.15, 0.2) is 24.4 Å². The highest BCUT2D eigenvalue weighted by Gasteiger charge is 2.31. The molecule has 2 heterocycles. The van der Waals surface area contributed by atoms with E-state index in [9.17, 15) is 9.90 Å². The number of benzene rings is 1. The lowest BCUT2D eigenvalue weighted by molar-refractivity contribution is -0.144. The Kier molecular flexibility index (Phi) is 4.38. The lowest BCUT2D eigenvalue weighted by Crippen LogP contribution is -2.49. The Morgan fingerprint density at radius 2 is 2.09 bits per heavy atom. The summed E-state index contributed by atoms with van der Waals surface area (Å²) in [7, 11) is 0. The molecule has 2 aromatic rings. The summed E-state index contributed by atoms with van der Waals surface area (Å²) in [5, 5.41) is 11.3. The summed E-state index contributed by atoms with van der Waals surface area (Å²) in [5.74, 6) is -0.814. The molecule has 118 valence electrons. The molecule has 0 amide bonds. The maximum Gasteiger partial charge on any atom is 0.325 e. The zero-order valence-corrected chi connectivity index (χ0v) is 13.3. The molecule has 1 aromatic carbocycles. The fourth-order valence-electron chi connectivity index (χ4n) is 3.16. The van der Waals surface area contributed by atoms with Crippen LogP contribution in [-0.2, 0) is 4.79 Å². The molecule has 22 heavy (non-hydrogen) atoms. The Morgan fingerprint density at radius 1 is 1.36 bits per heavy atom. The number of carbonyl (C=O) groups is 1. The van der Waals surface area contributed by atoms with E-state index < -0.39 is 12.0 Å². The van der Waals surface area contributed by atoms with Crippen LogP contribution < -0.4 is 0 Å². The van der Waals surface area contributed by atoms with Crippen molar-refractivity contribution < 1.29 is 9.90 Å². The molecule has 0 radical (unpaired) electrons. The summed E-state index contributed by atoms with van der Waals surface area (Å²) < 4.78 is 0. The third-order valence-electron chi connectivity index (χ3n) is 4.42. The standard InChI is InChI=1S/C16H20ClN3O2/c1-2-19-5-7-20(8-6-19)15(16(21)22)13-10-18-14-4-3-11(17)9-12(13)14/h3-4,9-10,15,18H,2,5-8H2,1H3,(H,21,22)/t15-/m1/s1. The number of likely N-dealkylation sites (N-methyl/N-ethyl adjacent to an activating group) is 1. The topological polar surface area (TPSA) is 59.6 Å². The molecule has 5 nitrogen and oxygen atoms in total. The SMILES string of the molecule is CCN1CCN([C@@H](C(=O)O)c2c[nH]c3ccc(Cl)cc23)CC1. The van der Waals surface area contributed by atoms with E-state index >= 15 is 0 Å². The number of H-pyrrole nitrogens is 1. The molecule has 1 aromatic heterocycles. The van der Waals surface area contributed by atoms with Crippen LogP contribution in [0.5, 0.6) is 0 Å². The lowest BCUT2D eigenvalue weighted by atomic mass is 10.0. The number of nitrogens with one attached hydrogen (secondary N) is 1. The zero-order valence-electron chi connectivity index (χ0n) is 12.6. The Morgan fingerprint density at radius 3 is 2.73 bits per heavy atom. The van der Waals surface area contributed by atoms with Crippen LogP contribution in [0.3, 0.4) is 0 Å². The maximum absolute atomic E-state index is 11.9. The van der Waals surface area contributed by atoms with Gasteiger partial charge >= 0.3 is 5.97 Å². The number of hydrogen-bond donors (Lipinski definition) is 2. The number of halogens is 1. The van der Waals surface area contributed by atoms with E-state index in [1.807, 2.05) is 17.0 Å². The summed E-state index contributed by atoms with van der Waals surface area (Å²) in [5.41, 5.74) is 1.70. The van der Waals surface area contributed by atoms with E-state index in [4.69, 9.17) is 11.6 Å². The number of nitrogens with zero attached hydrogens (tertiary/aromatic N) is 2. The van der Waals surface area contributed by atoms with E-state index in [-0.39, 0.29) is 0 Å². The molecule has 1 atom stereocenters. The molecular weight excluding hydrogens is 302 g/mol. The number of rotatable bonds is 4. The normalized spacial score (nSPS) is 18.6. The highest BCUT2D eigenvalue weighted by Crippen LogP contribution is 2.31. The molecule has 0 bridgehead atoms. The molecule has 6 heteroatoms. The molecule has 2 N–H and O–H groups in total. The summed E-state index contributed by atoms with van der Waals surface area (Å²) in [6.45, 7) is 6.48. The van der Waals surface area contributed by atoms with Crippen LogP contribution in [0.4, 0.5) is 0 Å². The van der Waals surface area contributed by atoms with Crippen molar-refractivity contribution in [2.45, 2.75) is 13.0 Å². The summed E-state index contributed by atoms with van der Waals surface area (Å²) in [6, 6.07) is 4.89. The van der Waals surface area contributed by atoms with Gasteiger partial charge in [0, 0.05) is 53.9 Å². The summed E-state index contributed by atoms with van der Waals surface area (Å²) in [6.07, 6.45) is 1.80. The quantitative estimate of drug-likeness (QED) is 0.908. The van der Waals surface area contributed by atoms with Gasteiger partial charge in [0.25, 0.3) is 0 Å². The number of aromatic amines is 1. The molecule has 0 aliphatic carbocycles. The van der Waals surface area contributed by atoms with Gasteiger partial charge in [-0.2, -0.15) is 0 Å². The fraction of sp³-hybridized carbons (Fsp3) is 0.438. The van der Waals surface area contributed by atoms with Crippen molar-refractivity contribution >= 4 is 28.5 Å². The van der Waals surface area contributed by atoms with Crippen LogP contribution >= 0.6 is 11.6 Å². The van der Waals surface area contributed by atoms with Crippen molar-refractivity contribution in [2.75, 3.05) is 32.7 Å². The van der Waals surface area contributed by atoms with Gasteiger partial charge in [0.05, 0.1) is 0 Å². The Bertz CT molecular complexity index is 677. The van der Waals surface area contributed by atoms with Gasteiger partial charge in [0.15, 0.2) is 0 Å². The first-order valence-corrected chi connectivity index (χ1v) is 7.93. The average molecular weight is 322 g/mol. The van der Waals surface area contributed by atoms with Crippen LogP contribution in [0.1, 0.15) is 18.5 Å². The molecule has 1 aliphatic rings. The lowest BCUT2D eigenvalue weighted by Gasteiger charge is -2.37. The molecule has 3 rings (SSSR count). The van der Waals surface area contributed by atoms with E-state index in [0.717, 1.165) is 49.2 Å². The van der Waals surface area contributed by atoms with Crippen molar-refractivity contribution in [3.63, 3.8) is 0 Å². The number of carboxylic acids is 1. The van der Waals surface area contributed by atoms with Gasteiger partial charge in [-0.1, -0.05) is 18.5 Å². The van der Waals surface area contributed by atoms with Crippen molar-refractivity contribution in [3.05, 3.63) is 35.0 Å². The number of piperazine rings is 1.